The summed E-state index contributed by atoms with van der Waals surface area (Å²) in [7, 11) is 0. The van der Waals surface area contributed by atoms with E-state index in [-0.39, 0.29) is 17.3 Å². The first-order chi connectivity index (χ1) is 15.2. The number of benzene rings is 1. The zero-order valence-electron chi connectivity index (χ0n) is 19.9. The summed E-state index contributed by atoms with van der Waals surface area (Å²) in [6.45, 7) is 11.5. The van der Waals surface area contributed by atoms with Gasteiger partial charge in [-0.1, -0.05) is 32.9 Å². The number of ether oxygens (including phenoxy) is 2. The Balaban J connectivity index is 1.72. The number of amides is 1. The van der Waals surface area contributed by atoms with Gasteiger partial charge < -0.3 is 14.8 Å². The average Bonchev–Trinajstić information content (AvgIpc) is 3.10. The Kier molecular flexibility index (Phi) is 7.99. The summed E-state index contributed by atoms with van der Waals surface area (Å²) in [4.78, 5) is 26.7. The fourth-order valence-corrected chi connectivity index (χ4v) is 5.53. The Bertz CT molecular complexity index is 940. The van der Waals surface area contributed by atoms with E-state index in [9.17, 15) is 9.59 Å². The Morgan fingerprint density at radius 1 is 1.12 bits per heavy atom. The first kappa shape index (κ1) is 24.3. The zero-order chi connectivity index (χ0) is 23.3. The Labute approximate surface area is 195 Å². The van der Waals surface area contributed by atoms with Crippen molar-refractivity contribution in [1.82, 2.24) is 0 Å². The predicted octanol–water partition coefficient (Wildman–Crippen LogP) is 6.05. The number of fused-ring (bicyclic) bond motifs is 1. The number of thiophene rings is 1. The van der Waals surface area contributed by atoms with Crippen LogP contribution >= 0.6 is 11.3 Å². The fraction of sp³-hybridized carbons (Fsp3) is 0.538. The number of hydrogen-bond acceptors (Lipinski definition) is 5. The number of nitrogens with one attached hydrogen (secondary N) is 1. The van der Waals surface area contributed by atoms with Crippen LogP contribution in [-0.2, 0) is 28.8 Å². The standard InChI is InChI=1S/C26H35NO4S/c1-6-30-19-12-8-17(9-13-19)10-15-22(28)27-24-23(25(29)31-7-2)20-14-11-18(26(3,4)5)16-21(20)32-24/h8-9,12-13,18H,6-7,10-11,14-16H2,1-5H3,(H,27,28). The topological polar surface area (TPSA) is 64.6 Å². The number of carbonyl (C=O) groups excluding carboxylic acids is 2. The number of anilines is 1. The van der Waals surface area contributed by atoms with Crippen molar-refractivity contribution in [2.45, 2.75) is 66.7 Å². The summed E-state index contributed by atoms with van der Waals surface area (Å²) >= 11 is 1.54. The monoisotopic (exact) mass is 457 g/mol. The van der Waals surface area contributed by atoms with Crippen LogP contribution in [0.25, 0.3) is 0 Å². The molecule has 1 aromatic carbocycles. The summed E-state index contributed by atoms with van der Waals surface area (Å²) < 4.78 is 10.8. The molecule has 5 nitrogen and oxygen atoms in total. The maximum absolute atomic E-state index is 12.7. The first-order valence-corrected chi connectivity index (χ1v) is 12.4. The normalized spacial score (nSPS) is 15.7. The minimum Gasteiger partial charge on any atom is -0.494 e. The summed E-state index contributed by atoms with van der Waals surface area (Å²) in [6.07, 6.45) is 3.82. The van der Waals surface area contributed by atoms with Crippen LogP contribution < -0.4 is 10.1 Å². The third-order valence-corrected chi connectivity index (χ3v) is 7.27. The van der Waals surface area contributed by atoms with E-state index in [1.807, 2.05) is 31.2 Å². The molecule has 2 aromatic rings. The van der Waals surface area contributed by atoms with Gasteiger partial charge in [0.25, 0.3) is 0 Å². The van der Waals surface area contributed by atoms with Gasteiger partial charge in [0.05, 0.1) is 18.8 Å². The van der Waals surface area contributed by atoms with Crippen molar-refractivity contribution < 1.29 is 19.1 Å². The Hall–Kier alpha value is -2.34. The highest BCUT2D eigenvalue weighted by Gasteiger charge is 2.34. The van der Waals surface area contributed by atoms with Gasteiger partial charge in [0.15, 0.2) is 0 Å². The third kappa shape index (κ3) is 5.91. The molecule has 1 amide bonds. The van der Waals surface area contributed by atoms with Crippen LogP contribution in [-0.4, -0.2) is 25.1 Å². The molecule has 1 atom stereocenters. The average molecular weight is 458 g/mol. The molecule has 6 heteroatoms. The van der Waals surface area contributed by atoms with Gasteiger partial charge in [0.1, 0.15) is 10.8 Å². The quantitative estimate of drug-likeness (QED) is 0.490. The SMILES string of the molecule is CCOC(=O)c1c(NC(=O)CCc2ccc(OCC)cc2)sc2c1CCC(C(C)(C)C)C2. The van der Waals surface area contributed by atoms with Gasteiger partial charge in [-0.05, 0) is 74.1 Å². The van der Waals surface area contributed by atoms with E-state index < -0.39 is 0 Å². The van der Waals surface area contributed by atoms with E-state index in [1.165, 1.54) is 4.88 Å². The lowest BCUT2D eigenvalue weighted by atomic mass is 9.72. The highest BCUT2D eigenvalue weighted by atomic mass is 32.1. The fourth-order valence-electron chi connectivity index (χ4n) is 4.20. The van der Waals surface area contributed by atoms with Gasteiger partial charge in [-0.15, -0.1) is 11.3 Å². The van der Waals surface area contributed by atoms with Crippen molar-refractivity contribution in [3.8, 4) is 5.75 Å². The first-order valence-electron chi connectivity index (χ1n) is 11.6. The molecule has 0 saturated heterocycles. The molecule has 0 fully saturated rings. The molecule has 0 aliphatic heterocycles. The van der Waals surface area contributed by atoms with Crippen LogP contribution in [0.5, 0.6) is 5.75 Å². The zero-order valence-corrected chi connectivity index (χ0v) is 20.7. The number of esters is 1. The van der Waals surface area contributed by atoms with E-state index in [1.54, 1.807) is 18.3 Å². The molecule has 1 aromatic heterocycles. The van der Waals surface area contributed by atoms with E-state index in [2.05, 4.69) is 26.1 Å². The molecule has 0 bridgehead atoms. The lowest BCUT2D eigenvalue weighted by Gasteiger charge is -2.33. The third-order valence-electron chi connectivity index (χ3n) is 6.10. The van der Waals surface area contributed by atoms with Crippen LogP contribution in [0.1, 0.15) is 73.8 Å². The number of aryl methyl sites for hydroxylation is 1. The lowest BCUT2D eigenvalue weighted by molar-refractivity contribution is -0.116. The number of carbonyl (C=O) groups is 2. The Morgan fingerprint density at radius 2 is 1.84 bits per heavy atom. The van der Waals surface area contributed by atoms with E-state index >= 15 is 0 Å². The molecule has 174 valence electrons. The highest BCUT2D eigenvalue weighted by Crippen LogP contribution is 2.44. The van der Waals surface area contributed by atoms with Crippen molar-refractivity contribution in [2.75, 3.05) is 18.5 Å². The maximum Gasteiger partial charge on any atom is 0.341 e. The van der Waals surface area contributed by atoms with Gasteiger partial charge in [-0.25, -0.2) is 4.79 Å². The molecule has 1 aliphatic rings. The van der Waals surface area contributed by atoms with Crippen molar-refractivity contribution in [3.05, 3.63) is 45.8 Å². The maximum atomic E-state index is 12.7. The molecular formula is C26H35NO4S. The molecule has 1 aliphatic carbocycles. The second kappa shape index (κ2) is 10.5. The highest BCUT2D eigenvalue weighted by molar-refractivity contribution is 7.17. The van der Waals surface area contributed by atoms with Gasteiger partial charge in [-0.3, -0.25) is 4.79 Å². The minimum atomic E-state index is -0.332. The van der Waals surface area contributed by atoms with Crippen LogP contribution in [0, 0.1) is 11.3 Å². The van der Waals surface area contributed by atoms with Gasteiger partial charge >= 0.3 is 5.97 Å². The van der Waals surface area contributed by atoms with Gasteiger partial charge in [-0.2, -0.15) is 0 Å². The summed E-state index contributed by atoms with van der Waals surface area (Å²) in [5.74, 6) is 0.973. The summed E-state index contributed by atoms with van der Waals surface area (Å²) in [6, 6.07) is 7.82. The van der Waals surface area contributed by atoms with Crippen LogP contribution in [0.2, 0.25) is 0 Å². The molecule has 32 heavy (non-hydrogen) atoms. The molecule has 1 heterocycles. The largest absolute Gasteiger partial charge is 0.494 e. The van der Waals surface area contributed by atoms with Crippen LogP contribution in [0.4, 0.5) is 5.00 Å². The summed E-state index contributed by atoms with van der Waals surface area (Å²) in [5, 5.41) is 3.66. The molecule has 0 saturated carbocycles. The van der Waals surface area contributed by atoms with Crippen LogP contribution in [0.3, 0.4) is 0 Å². The van der Waals surface area contributed by atoms with Crippen molar-refractivity contribution in [1.29, 1.82) is 0 Å². The van der Waals surface area contributed by atoms with Gasteiger partial charge in [0.2, 0.25) is 5.91 Å². The van der Waals surface area contributed by atoms with Gasteiger partial charge in [0, 0.05) is 11.3 Å². The second-order valence-corrected chi connectivity index (χ2v) is 10.5. The molecule has 1 unspecified atom stereocenters. The van der Waals surface area contributed by atoms with Crippen molar-refractivity contribution in [3.63, 3.8) is 0 Å². The van der Waals surface area contributed by atoms with Crippen molar-refractivity contribution in [2.24, 2.45) is 11.3 Å². The molecule has 0 radical (unpaired) electrons. The smallest absolute Gasteiger partial charge is 0.341 e. The minimum absolute atomic E-state index is 0.0876. The second-order valence-electron chi connectivity index (χ2n) is 9.36. The van der Waals surface area contributed by atoms with E-state index in [4.69, 9.17) is 9.47 Å². The molecule has 1 N–H and O–H groups in total. The lowest BCUT2D eigenvalue weighted by Crippen LogP contribution is -2.26. The number of rotatable bonds is 8. The molecule has 3 rings (SSSR count). The Morgan fingerprint density at radius 3 is 2.47 bits per heavy atom. The summed E-state index contributed by atoms with van der Waals surface area (Å²) in [5.41, 5.74) is 2.92. The number of hydrogen-bond donors (Lipinski definition) is 1. The van der Waals surface area contributed by atoms with E-state index in [0.717, 1.165) is 36.1 Å². The van der Waals surface area contributed by atoms with Crippen LogP contribution in [0.15, 0.2) is 24.3 Å². The van der Waals surface area contributed by atoms with Crippen molar-refractivity contribution >= 4 is 28.2 Å². The van der Waals surface area contributed by atoms with E-state index in [0.29, 0.717) is 42.5 Å². The molecule has 0 spiro atoms. The molecular weight excluding hydrogens is 422 g/mol. The predicted molar refractivity (Wildman–Crippen MR) is 130 cm³/mol.